The number of nitrogens with one attached hydrogen (secondary N) is 1. The maximum atomic E-state index is 11.4. The molecule has 0 spiro atoms. The van der Waals surface area contributed by atoms with E-state index < -0.39 is 10.8 Å². The quantitative estimate of drug-likeness (QED) is 0.868. The average molecular weight is 301 g/mol. The smallest absolute Gasteiger partial charge is 0.0498 e. The molecule has 0 aromatic heterocycles. The summed E-state index contributed by atoms with van der Waals surface area (Å²) >= 11 is 0. The van der Waals surface area contributed by atoms with Gasteiger partial charge in [0, 0.05) is 34.2 Å². The van der Waals surface area contributed by atoms with Gasteiger partial charge in [-0.05, 0) is 47.7 Å². The van der Waals surface area contributed by atoms with Crippen LogP contribution >= 0.6 is 0 Å². The summed E-state index contributed by atoms with van der Waals surface area (Å²) in [5, 5.41) is 3.53. The molecule has 0 saturated heterocycles. The minimum absolute atomic E-state index is 0.788. The second-order valence-corrected chi connectivity index (χ2v) is 6.53. The molecule has 0 aliphatic heterocycles. The van der Waals surface area contributed by atoms with E-state index in [1.807, 2.05) is 24.3 Å². The summed E-state index contributed by atoms with van der Waals surface area (Å²) < 4.78 is 11.4. The molecule has 0 bridgehead atoms. The summed E-state index contributed by atoms with van der Waals surface area (Å²) in [5.74, 6) is 0. The maximum absolute atomic E-state index is 11.4. The Morgan fingerprint density at radius 2 is 1.62 bits per heavy atom. The van der Waals surface area contributed by atoms with Crippen molar-refractivity contribution in [3.63, 3.8) is 0 Å². The van der Waals surface area contributed by atoms with Crippen molar-refractivity contribution in [1.29, 1.82) is 0 Å². The van der Waals surface area contributed by atoms with E-state index in [1.165, 1.54) is 22.4 Å². The van der Waals surface area contributed by atoms with Crippen molar-refractivity contribution in [3.05, 3.63) is 59.2 Å². The van der Waals surface area contributed by atoms with E-state index in [-0.39, 0.29) is 0 Å². The van der Waals surface area contributed by atoms with Crippen molar-refractivity contribution >= 4 is 16.5 Å². The fraction of sp³-hybridized carbons (Fsp3) is 0.333. The maximum Gasteiger partial charge on any atom is 0.0498 e. The third-order valence-corrected chi connectivity index (χ3v) is 4.64. The molecule has 112 valence electrons. The molecule has 21 heavy (non-hydrogen) atoms. The highest BCUT2D eigenvalue weighted by atomic mass is 32.2. The van der Waals surface area contributed by atoms with Crippen LogP contribution in [0, 0.1) is 0 Å². The van der Waals surface area contributed by atoms with Gasteiger partial charge in [0.2, 0.25) is 0 Å². The largest absolute Gasteiger partial charge is 0.381 e. The highest BCUT2D eigenvalue weighted by molar-refractivity contribution is 7.84. The Hall–Kier alpha value is -1.61. The van der Waals surface area contributed by atoms with Crippen molar-refractivity contribution in [3.8, 4) is 0 Å². The van der Waals surface area contributed by atoms with Gasteiger partial charge in [0.1, 0.15) is 0 Å². The Balaban J connectivity index is 2.10. The lowest BCUT2D eigenvalue weighted by Gasteiger charge is -2.13. The number of aryl methyl sites for hydroxylation is 2. The molecule has 0 fully saturated rings. The van der Waals surface area contributed by atoms with Crippen LogP contribution in [-0.2, 0) is 30.2 Å². The zero-order valence-corrected chi connectivity index (χ0v) is 13.8. The van der Waals surface area contributed by atoms with Crippen LogP contribution in [0.25, 0.3) is 0 Å². The Bertz CT molecular complexity index is 620. The number of rotatable bonds is 6. The minimum atomic E-state index is -0.907. The van der Waals surface area contributed by atoms with Crippen LogP contribution < -0.4 is 5.32 Å². The lowest BCUT2D eigenvalue weighted by Crippen LogP contribution is -2.03. The van der Waals surface area contributed by atoms with Gasteiger partial charge in [0.25, 0.3) is 0 Å². The first-order valence-corrected chi connectivity index (χ1v) is 8.97. The molecule has 3 heteroatoms. The average Bonchev–Trinajstić information content (AvgIpc) is 2.52. The normalized spacial score (nSPS) is 12.1. The molecule has 0 aliphatic carbocycles. The molecule has 0 aliphatic rings. The molecule has 0 amide bonds. The molecule has 2 nitrogen and oxygen atoms in total. The van der Waals surface area contributed by atoms with E-state index in [2.05, 4.69) is 37.4 Å². The molecule has 1 atom stereocenters. The predicted molar refractivity (Wildman–Crippen MR) is 91.3 cm³/mol. The Morgan fingerprint density at radius 1 is 0.952 bits per heavy atom. The SMILES string of the molecule is CCc1ccc(CC)c(NCc2ccc(S(C)=O)cc2)c1. The monoisotopic (exact) mass is 301 g/mol. The van der Waals surface area contributed by atoms with Gasteiger partial charge in [-0.2, -0.15) is 0 Å². The molecule has 0 radical (unpaired) electrons. The molecule has 2 aromatic carbocycles. The van der Waals surface area contributed by atoms with Gasteiger partial charge in [0.15, 0.2) is 0 Å². The standard InChI is InChI=1S/C18H23NOS/c1-4-14-6-9-16(5-2)18(12-14)19-13-15-7-10-17(11-8-15)21(3)20/h6-12,19H,4-5,13H2,1-3H3. The van der Waals surface area contributed by atoms with Gasteiger partial charge >= 0.3 is 0 Å². The zero-order chi connectivity index (χ0) is 15.2. The second kappa shape index (κ2) is 7.41. The summed E-state index contributed by atoms with van der Waals surface area (Å²) in [5.41, 5.74) is 5.12. The molecule has 0 saturated carbocycles. The number of hydrogen-bond donors (Lipinski definition) is 1. The summed E-state index contributed by atoms with van der Waals surface area (Å²) in [7, 11) is -0.907. The van der Waals surface area contributed by atoms with Crippen molar-refractivity contribution < 1.29 is 4.21 Å². The first-order chi connectivity index (χ1) is 10.1. The number of hydrogen-bond acceptors (Lipinski definition) is 2. The Labute approximate surface area is 130 Å². The Morgan fingerprint density at radius 3 is 2.19 bits per heavy atom. The van der Waals surface area contributed by atoms with Crippen LogP contribution in [0.15, 0.2) is 47.4 Å². The number of anilines is 1. The summed E-state index contributed by atoms with van der Waals surface area (Å²) in [6.45, 7) is 5.14. The van der Waals surface area contributed by atoms with E-state index in [1.54, 1.807) is 6.26 Å². The van der Waals surface area contributed by atoms with Crippen LogP contribution in [0.4, 0.5) is 5.69 Å². The van der Waals surface area contributed by atoms with Gasteiger partial charge in [-0.1, -0.05) is 38.1 Å². The van der Waals surface area contributed by atoms with Crippen molar-refractivity contribution in [2.24, 2.45) is 0 Å². The van der Waals surface area contributed by atoms with E-state index in [9.17, 15) is 4.21 Å². The first-order valence-electron chi connectivity index (χ1n) is 7.42. The topological polar surface area (TPSA) is 29.1 Å². The van der Waals surface area contributed by atoms with E-state index in [0.717, 1.165) is 24.3 Å². The second-order valence-electron chi connectivity index (χ2n) is 5.15. The third-order valence-electron chi connectivity index (χ3n) is 3.70. The number of benzene rings is 2. The third kappa shape index (κ3) is 4.18. The lowest BCUT2D eigenvalue weighted by molar-refractivity contribution is 0.687. The molecule has 2 rings (SSSR count). The summed E-state index contributed by atoms with van der Waals surface area (Å²) in [6.07, 6.45) is 3.78. The van der Waals surface area contributed by atoms with Gasteiger partial charge in [-0.25, -0.2) is 0 Å². The van der Waals surface area contributed by atoms with Crippen LogP contribution in [0.1, 0.15) is 30.5 Å². The zero-order valence-electron chi connectivity index (χ0n) is 13.0. The summed E-state index contributed by atoms with van der Waals surface area (Å²) in [4.78, 5) is 0.876. The van der Waals surface area contributed by atoms with Crippen molar-refractivity contribution in [2.75, 3.05) is 11.6 Å². The van der Waals surface area contributed by atoms with Gasteiger partial charge in [0.05, 0.1) is 0 Å². The van der Waals surface area contributed by atoms with Gasteiger partial charge in [-0.15, -0.1) is 0 Å². The molecule has 1 N–H and O–H groups in total. The molecule has 1 unspecified atom stereocenters. The summed E-state index contributed by atoms with van der Waals surface area (Å²) in [6, 6.07) is 14.6. The highest BCUT2D eigenvalue weighted by Crippen LogP contribution is 2.20. The van der Waals surface area contributed by atoms with Crippen LogP contribution in [0.3, 0.4) is 0 Å². The first kappa shape index (κ1) is 15.8. The van der Waals surface area contributed by atoms with E-state index in [0.29, 0.717) is 0 Å². The molecular weight excluding hydrogens is 278 g/mol. The van der Waals surface area contributed by atoms with Crippen LogP contribution in [0.2, 0.25) is 0 Å². The van der Waals surface area contributed by atoms with Crippen molar-refractivity contribution in [1.82, 2.24) is 0 Å². The lowest BCUT2D eigenvalue weighted by atomic mass is 10.0. The molecule has 0 heterocycles. The van der Waals surface area contributed by atoms with Crippen molar-refractivity contribution in [2.45, 2.75) is 38.1 Å². The minimum Gasteiger partial charge on any atom is -0.381 e. The predicted octanol–water partition coefficient (Wildman–Crippen LogP) is 4.16. The molecule has 2 aromatic rings. The molecular formula is C18H23NOS. The van der Waals surface area contributed by atoms with Gasteiger partial charge in [-0.3, -0.25) is 4.21 Å². The van der Waals surface area contributed by atoms with Crippen LogP contribution in [-0.4, -0.2) is 10.5 Å². The highest BCUT2D eigenvalue weighted by Gasteiger charge is 2.03. The van der Waals surface area contributed by atoms with Gasteiger partial charge < -0.3 is 5.32 Å². The fourth-order valence-electron chi connectivity index (χ4n) is 2.31. The fourth-order valence-corrected chi connectivity index (χ4v) is 2.83. The van der Waals surface area contributed by atoms with E-state index in [4.69, 9.17) is 0 Å². The Kier molecular flexibility index (Phi) is 5.57. The van der Waals surface area contributed by atoms with Crippen LogP contribution in [0.5, 0.6) is 0 Å². The van der Waals surface area contributed by atoms with E-state index >= 15 is 0 Å².